The molecule has 2 fully saturated rings. The van der Waals surface area contributed by atoms with Gasteiger partial charge in [-0.05, 0) is 54.9 Å². The summed E-state index contributed by atoms with van der Waals surface area (Å²) in [5.74, 6) is -0.0504. The summed E-state index contributed by atoms with van der Waals surface area (Å²) in [6.45, 7) is 0.304. The van der Waals surface area contributed by atoms with E-state index in [0.717, 1.165) is 31.2 Å². The molecule has 0 aliphatic heterocycles. The van der Waals surface area contributed by atoms with Gasteiger partial charge in [0.15, 0.2) is 0 Å². The highest BCUT2D eigenvalue weighted by Crippen LogP contribution is 2.55. The molecule has 31 heavy (non-hydrogen) atoms. The van der Waals surface area contributed by atoms with E-state index in [9.17, 15) is 14.4 Å². The Morgan fingerprint density at radius 1 is 1.26 bits per heavy atom. The van der Waals surface area contributed by atoms with E-state index in [1.807, 2.05) is 24.3 Å². The highest BCUT2D eigenvalue weighted by Gasteiger charge is 2.52. The van der Waals surface area contributed by atoms with E-state index >= 15 is 0 Å². The summed E-state index contributed by atoms with van der Waals surface area (Å²) in [4.78, 5) is 41.8. The zero-order valence-electron chi connectivity index (χ0n) is 17.8. The Bertz CT molecular complexity index is 1050. The lowest BCUT2D eigenvalue weighted by atomic mass is 9.52. The zero-order chi connectivity index (χ0) is 22.2. The van der Waals surface area contributed by atoms with Gasteiger partial charge in [0.25, 0.3) is 17.4 Å². The van der Waals surface area contributed by atoms with Gasteiger partial charge in [-0.25, -0.2) is 0 Å². The Morgan fingerprint density at radius 2 is 2.00 bits per heavy atom. The molecule has 1 heterocycles. The molecule has 0 unspecified atom stereocenters. The normalized spacial score (nSPS) is 24.1. The molecule has 2 aromatic rings. The van der Waals surface area contributed by atoms with Crippen molar-refractivity contribution in [3.8, 4) is 5.75 Å². The smallest absolute Gasteiger partial charge is 0.260 e. The number of ether oxygens (including phenoxy) is 1. The second-order valence-corrected chi connectivity index (χ2v) is 8.89. The Hall–Kier alpha value is -3.13. The summed E-state index contributed by atoms with van der Waals surface area (Å²) in [5, 5.41) is 3.00. The van der Waals surface area contributed by atoms with Crippen molar-refractivity contribution >= 4 is 11.8 Å². The molecular weight excluding hydrogens is 396 g/mol. The van der Waals surface area contributed by atoms with E-state index in [-0.39, 0.29) is 23.1 Å². The molecule has 1 aromatic heterocycles. The number of hydrogen-bond donors (Lipinski definition) is 3. The van der Waals surface area contributed by atoms with E-state index in [1.54, 1.807) is 14.2 Å². The van der Waals surface area contributed by atoms with Crippen molar-refractivity contribution in [2.45, 2.75) is 44.3 Å². The van der Waals surface area contributed by atoms with Crippen LogP contribution < -0.4 is 21.3 Å². The summed E-state index contributed by atoms with van der Waals surface area (Å²) >= 11 is 0. The Labute approximate surface area is 180 Å². The molecule has 164 valence electrons. The maximum absolute atomic E-state index is 12.9. The minimum absolute atomic E-state index is 0.0620. The van der Waals surface area contributed by atoms with Crippen LogP contribution in [0.25, 0.3) is 0 Å². The van der Waals surface area contributed by atoms with Gasteiger partial charge in [-0.3, -0.25) is 14.4 Å². The first-order valence-corrected chi connectivity index (χ1v) is 10.5. The van der Waals surface area contributed by atoms with E-state index in [4.69, 9.17) is 10.5 Å². The number of aromatic amines is 1. The molecule has 4 N–H and O–H groups in total. The van der Waals surface area contributed by atoms with Gasteiger partial charge in [0.2, 0.25) is 0 Å². The number of carbonyl (C=O) groups is 2. The van der Waals surface area contributed by atoms with E-state index in [2.05, 4.69) is 10.3 Å². The second kappa shape index (κ2) is 8.19. The molecule has 0 atom stereocenters. The highest BCUT2D eigenvalue weighted by atomic mass is 16.5. The van der Waals surface area contributed by atoms with Gasteiger partial charge >= 0.3 is 0 Å². The summed E-state index contributed by atoms with van der Waals surface area (Å²) in [6, 6.07) is 9.14. The molecule has 8 heteroatoms. The van der Waals surface area contributed by atoms with Crippen LogP contribution in [-0.2, 0) is 6.54 Å². The van der Waals surface area contributed by atoms with Crippen molar-refractivity contribution in [1.82, 2.24) is 15.2 Å². The number of nitrogens with zero attached hydrogens (tertiary/aromatic N) is 1. The largest absolute Gasteiger partial charge is 0.497 e. The predicted molar refractivity (Wildman–Crippen MR) is 116 cm³/mol. The van der Waals surface area contributed by atoms with Crippen molar-refractivity contribution in [2.75, 3.05) is 14.2 Å². The van der Waals surface area contributed by atoms with Crippen LogP contribution in [-0.4, -0.2) is 47.9 Å². The van der Waals surface area contributed by atoms with Crippen LogP contribution in [0.15, 0.2) is 41.3 Å². The number of hydrogen-bond acceptors (Lipinski definition) is 5. The third kappa shape index (κ3) is 4.34. The van der Waals surface area contributed by atoms with E-state index < -0.39 is 11.5 Å². The number of pyridine rings is 1. The Morgan fingerprint density at radius 3 is 2.68 bits per heavy atom. The van der Waals surface area contributed by atoms with Gasteiger partial charge in [0.05, 0.1) is 12.7 Å². The number of rotatable bonds is 6. The first-order chi connectivity index (χ1) is 14.8. The maximum atomic E-state index is 12.9. The first kappa shape index (κ1) is 21.1. The number of nitrogens with one attached hydrogen (secondary N) is 2. The van der Waals surface area contributed by atoms with Crippen LogP contribution in [0.4, 0.5) is 0 Å². The zero-order valence-corrected chi connectivity index (χ0v) is 17.8. The average Bonchev–Trinajstić information content (AvgIpc) is 2.71. The lowest BCUT2D eigenvalue weighted by Crippen LogP contribution is -2.59. The molecule has 0 radical (unpaired) electrons. The molecule has 2 saturated carbocycles. The third-order valence-corrected chi connectivity index (χ3v) is 6.38. The molecule has 2 aliphatic rings. The molecule has 0 bridgehead atoms. The second-order valence-electron chi connectivity index (χ2n) is 8.89. The maximum Gasteiger partial charge on any atom is 0.260 e. The number of benzene rings is 1. The highest BCUT2D eigenvalue weighted by molar-refractivity contribution is 5.99. The summed E-state index contributed by atoms with van der Waals surface area (Å²) in [7, 11) is 3.19. The number of aromatic nitrogens is 1. The lowest BCUT2D eigenvalue weighted by molar-refractivity contribution is -0.0159. The molecular formula is C23H28N4O4. The van der Waals surface area contributed by atoms with Gasteiger partial charge in [-0.2, -0.15) is 0 Å². The molecule has 8 nitrogen and oxygen atoms in total. The fourth-order valence-corrected chi connectivity index (χ4v) is 4.84. The van der Waals surface area contributed by atoms with Crippen molar-refractivity contribution < 1.29 is 14.3 Å². The SMILES string of the molecule is COc1cccc(CN(C)C(=O)c2cc(C(=O)NC3CC4(CC(N)C4)C3)c[nH]c2=O)c1. The topological polar surface area (TPSA) is 118 Å². The molecule has 1 aromatic carbocycles. The van der Waals surface area contributed by atoms with Gasteiger partial charge in [0.1, 0.15) is 11.3 Å². The lowest BCUT2D eigenvalue weighted by Gasteiger charge is -2.57. The fraction of sp³-hybridized carbons (Fsp3) is 0.435. The van der Waals surface area contributed by atoms with Crippen molar-refractivity contribution in [2.24, 2.45) is 11.1 Å². The number of methoxy groups -OCH3 is 1. The summed E-state index contributed by atoms with van der Waals surface area (Å²) < 4.78 is 5.21. The van der Waals surface area contributed by atoms with Gasteiger partial charge < -0.3 is 25.7 Å². The quantitative estimate of drug-likeness (QED) is 0.652. The van der Waals surface area contributed by atoms with Crippen molar-refractivity contribution in [3.05, 3.63) is 63.6 Å². The Kier molecular flexibility index (Phi) is 5.58. The number of H-pyrrole nitrogens is 1. The van der Waals surface area contributed by atoms with Crippen LogP contribution in [0.5, 0.6) is 5.75 Å². The first-order valence-electron chi connectivity index (χ1n) is 10.5. The summed E-state index contributed by atoms with van der Waals surface area (Å²) in [6.07, 6.45) is 5.27. The standard InChI is InChI=1S/C23H28N4O4/c1-27(13-14-4-3-5-18(6-14)31-2)22(30)19-7-15(12-25-21(19)29)20(28)26-17-10-23(11-17)8-16(24)9-23/h3-7,12,16-17H,8-11,13,24H2,1-2H3,(H,25,29)(H,26,28). The molecule has 1 spiro atoms. The van der Waals surface area contributed by atoms with Crippen LogP contribution in [0.1, 0.15) is 52.0 Å². The molecule has 2 aliphatic carbocycles. The third-order valence-electron chi connectivity index (χ3n) is 6.38. The predicted octanol–water partition coefficient (Wildman–Crippen LogP) is 1.66. The number of amides is 2. The van der Waals surface area contributed by atoms with Crippen LogP contribution >= 0.6 is 0 Å². The minimum Gasteiger partial charge on any atom is -0.497 e. The van der Waals surface area contributed by atoms with Gasteiger partial charge in [0, 0.05) is 31.9 Å². The Balaban J connectivity index is 1.41. The van der Waals surface area contributed by atoms with Crippen molar-refractivity contribution in [3.63, 3.8) is 0 Å². The van der Waals surface area contributed by atoms with Crippen molar-refractivity contribution in [1.29, 1.82) is 0 Å². The van der Waals surface area contributed by atoms with Gasteiger partial charge in [-0.15, -0.1) is 0 Å². The average molecular weight is 425 g/mol. The van der Waals surface area contributed by atoms with E-state index in [0.29, 0.717) is 23.8 Å². The summed E-state index contributed by atoms with van der Waals surface area (Å²) in [5.41, 5.74) is 6.75. The monoisotopic (exact) mass is 424 g/mol. The molecule has 4 rings (SSSR count). The van der Waals surface area contributed by atoms with Crippen LogP contribution in [0.3, 0.4) is 0 Å². The van der Waals surface area contributed by atoms with Gasteiger partial charge in [-0.1, -0.05) is 12.1 Å². The van der Waals surface area contributed by atoms with Crippen LogP contribution in [0.2, 0.25) is 0 Å². The van der Waals surface area contributed by atoms with Crippen LogP contribution in [0, 0.1) is 5.41 Å². The molecule has 2 amide bonds. The number of carbonyl (C=O) groups excluding carboxylic acids is 2. The number of nitrogens with two attached hydrogens (primary N) is 1. The minimum atomic E-state index is -0.523. The van der Waals surface area contributed by atoms with E-state index in [1.165, 1.54) is 17.2 Å². The molecule has 0 saturated heterocycles. The fourth-order valence-electron chi connectivity index (χ4n) is 4.84.